The van der Waals surface area contributed by atoms with Crippen LogP contribution in [0.1, 0.15) is 323 Å². The van der Waals surface area contributed by atoms with Crippen LogP contribution in [-0.2, 0) is 15.7 Å². The van der Waals surface area contributed by atoms with Crippen molar-refractivity contribution in [2.75, 3.05) is 0 Å². The Kier molecular flexibility index (Phi) is 42.8. The van der Waals surface area contributed by atoms with E-state index < -0.39 is 19.2 Å². The molecule has 1 heterocycles. The minimum absolute atomic E-state index is 0.163. The first-order valence-corrected chi connectivity index (χ1v) is 34.6. The fourth-order valence-corrected chi connectivity index (χ4v) is 18.7. The van der Waals surface area contributed by atoms with E-state index >= 15 is 0 Å². The van der Waals surface area contributed by atoms with Crippen LogP contribution < -0.4 is 0 Å². The second kappa shape index (κ2) is 44.7. The summed E-state index contributed by atoms with van der Waals surface area (Å²) >= 11 is -4.01. The number of hydrogen-bond donors (Lipinski definition) is 0. The van der Waals surface area contributed by atoms with Crippen LogP contribution in [0, 0.1) is 0 Å². The van der Waals surface area contributed by atoms with Crippen LogP contribution in [0.25, 0.3) is 0 Å². The summed E-state index contributed by atoms with van der Waals surface area (Å²) in [5.41, 5.74) is 1.37. The zero-order valence-electron chi connectivity index (χ0n) is 42.1. The number of rotatable bonds is 48. The van der Waals surface area contributed by atoms with Crippen molar-refractivity contribution in [1.82, 2.24) is 0 Å². The molecule has 1 aliphatic rings. The molecule has 0 unspecified atom stereocenters. The molecule has 0 spiro atoms. The normalized spacial score (nSPS) is 14.2. The predicted molar refractivity (Wildman–Crippen MR) is 270 cm³/mol. The van der Waals surface area contributed by atoms with Gasteiger partial charge in [0.1, 0.15) is 0 Å². The third kappa shape index (κ3) is 34.5. The Balaban J connectivity index is 2.68. The van der Waals surface area contributed by atoms with E-state index in [4.69, 9.17) is 6.15 Å². The Hall–Kier alpha value is -0.521. The van der Waals surface area contributed by atoms with Gasteiger partial charge in [-0.25, -0.2) is 0 Å². The molecule has 0 aromatic carbocycles. The molecular formula is C56H108O4Sn. The Bertz CT molecular complexity index is 929. The monoisotopic (exact) mass is 965 g/mol. The van der Waals surface area contributed by atoms with Gasteiger partial charge < -0.3 is 0 Å². The molecule has 0 bridgehead atoms. The molecule has 0 atom stereocenters. The second-order valence-electron chi connectivity index (χ2n) is 19.8. The van der Waals surface area contributed by atoms with Crippen molar-refractivity contribution in [3.63, 3.8) is 0 Å². The van der Waals surface area contributed by atoms with Crippen molar-refractivity contribution in [2.45, 2.75) is 332 Å². The molecular weight excluding hydrogens is 855 g/mol. The molecule has 61 heavy (non-hydrogen) atoms. The molecule has 0 saturated carbocycles. The fourth-order valence-electron chi connectivity index (χ4n) is 9.61. The zero-order valence-corrected chi connectivity index (χ0v) is 44.9. The summed E-state index contributed by atoms with van der Waals surface area (Å²) < 4.78 is 15.1. The van der Waals surface area contributed by atoms with Crippen molar-refractivity contribution in [3.05, 3.63) is 11.1 Å². The third-order valence-corrected chi connectivity index (χ3v) is 23.3. The first-order valence-electron chi connectivity index (χ1n) is 28.2. The van der Waals surface area contributed by atoms with Gasteiger partial charge in [0.2, 0.25) is 0 Å². The van der Waals surface area contributed by atoms with Gasteiger partial charge in [-0.15, -0.1) is 0 Å². The first-order chi connectivity index (χ1) is 30.0. The quantitative estimate of drug-likeness (QED) is 0.0450. The number of unbranched alkanes of at least 4 members (excludes halogenated alkanes) is 40. The molecule has 4 nitrogen and oxygen atoms in total. The van der Waals surface area contributed by atoms with Crippen molar-refractivity contribution < 1.29 is 15.7 Å². The topological polar surface area (TPSA) is 52.6 Å². The van der Waals surface area contributed by atoms with Crippen LogP contribution in [0.15, 0.2) is 11.1 Å². The van der Waals surface area contributed by atoms with E-state index in [1.54, 1.807) is 0 Å². The summed E-state index contributed by atoms with van der Waals surface area (Å²) in [5, 5.41) is 0. The SMILES string of the molecule is CCCCCCCCCCCCCCCCC[CH2][Sn]1([CH2]CCCCCCCCCCCCCCCCC)[O]C(=O)C(CCCCCCCC)=C(CCCCCCCC)C(=O)[O]1. The average molecular weight is 964 g/mol. The van der Waals surface area contributed by atoms with Crippen LogP contribution in [0.4, 0.5) is 0 Å². The first kappa shape index (κ1) is 58.5. The molecule has 0 N–H and O–H groups in total. The van der Waals surface area contributed by atoms with E-state index in [1.807, 2.05) is 0 Å². The van der Waals surface area contributed by atoms with Crippen molar-refractivity contribution >= 4 is 31.1 Å². The van der Waals surface area contributed by atoms with Crippen molar-refractivity contribution in [3.8, 4) is 0 Å². The zero-order chi connectivity index (χ0) is 44.2. The van der Waals surface area contributed by atoms with Gasteiger partial charge in [0.15, 0.2) is 0 Å². The summed E-state index contributed by atoms with van der Waals surface area (Å²) in [4.78, 5) is 28.4. The van der Waals surface area contributed by atoms with Crippen LogP contribution in [0.3, 0.4) is 0 Å². The van der Waals surface area contributed by atoms with Gasteiger partial charge in [-0.3, -0.25) is 0 Å². The molecule has 0 fully saturated rings. The molecule has 1 aliphatic heterocycles. The molecule has 1 rings (SSSR count). The molecule has 0 aliphatic carbocycles. The minimum atomic E-state index is -4.01. The summed E-state index contributed by atoms with van der Waals surface area (Å²) in [7, 11) is 0. The summed E-state index contributed by atoms with van der Waals surface area (Å²) in [6.45, 7) is 9.10. The summed E-state index contributed by atoms with van der Waals surface area (Å²) in [5.74, 6) is -0.326. The van der Waals surface area contributed by atoms with Crippen LogP contribution in [-0.4, -0.2) is 31.1 Å². The maximum absolute atomic E-state index is 14.2. The van der Waals surface area contributed by atoms with E-state index in [0.717, 1.165) is 60.2 Å². The van der Waals surface area contributed by atoms with Gasteiger partial charge in [0.05, 0.1) is 0 Å². The molecule has 0 saturated heterocycles. The van der Waals surface area contributed by atoms with E-state index in [-0.39, 0.29) is 11.9 Å². The van der Waals surface area contributed by atoms with E-state index in [0.29, 0.717) is 24.0 Å². The molecule has 5 heteroatoms. The van der Waals surface area contributed by atoms with E-state index in [2.05, 4.69) is 27.7 Å². The van der Waals surface area contributed by atoms with E-state index in [9.17, 15) is 9.59 Å². The van der Waals surface area contributed by atoms with Crippen molar-refractivity contribution in [1.29, 1.82) is 0 Å². The average Bonchev–Trinajstić information content (AvgIpc) is 3.35. The standard InChI is InChI=1S/C20H36O4.2C18H37.Sn/c1-3-5-7-9-11-13-15-17(19(21)22)18(20(23)24)16-14-12-10-8-6-4-2;2*1-3-5-7-9-11-13-15-17-18-16-14-12-10-8-6-4-2;/h3-16H2,1-2H3,(H,21,22)(H,23,24);2*1,3-18H2,2H3;/q;;;+2/p-2. The Morgan fingerprint density at radius 3 is 0.656 bits per heavy atom. The third-order valence-electron chi connectivity index (χ3n) is 13.8. The molecule has 0 amide bonds. The van der Waals surface area contributed by atoms with Gasteiger partial charge >= 0.3 is 312 Å². The van der Waals surface area contributed by atoms with E-state index in [1.165, 1.54) is 231 Å². The summed E-state index contributed by atoms with van der Waals surface area (Å²) in [6.07, 6.45) is 58.5. The van der Waals surface area contributed by atoms with Crippen LogP contribution in [0.5, 0.6) is 0 Å². The molecule has 0 radical (unpaired) electrons. The Morgan fingerprint density at radius 2 is 0.443 bits per heavy atom. The molecule has 0 aromatic heterocycles. The maximum atomic E-state index is 14.2. The van der Waals surface area contributed by atoms with Gasteiger partial charge in [-0.05, 0) is 0 Å². The molecule has 360 valence electrons. The number of hydrogen-bond acceptors (Lipinski definition) is 4. The summed E-state index contributed by atoms with van der Waals surface area (Å²) in [6, 6.07) is 0. The van der Waals surface area contributed by atoms with Crippen LogP contribution in [0.2, 0.25) is 8.87 Å². The van der Waals surface area contributed by atoms with Gasteiger partial charge in [0, 0.05) is 0 Å². The second-order valence-corrected chi connectivity index (χ2v) is 29.0. The molecule has 0 aromatic rings. The predicted octanol–water partition coefficient (Wildman–Crippen LogP) is 19.8. The van der Waals surface area contributed by atoms with Gasteiger partial charge in [-0.1, -0.05) is 78.1 Å². The Labute approximate surface area is 387 Å². The van der Waals surface area contributed by atoms with Crippen LogP contribution >= 0.6 is 0 Å². The van der Waals surface area contributed by atoms with Gasteiger partial charge in [0.25, 0.3) is 0 Å². The van der Waals surface area contributed by atoms with Gasteiger partial charge in [-0.2, -0.15) is 0 Å². The van der Waals surface area contributed by atoms with Crippen molar-refractivity contribution in [2.24, 2.45) is 0 Å². The number of carbonyl (C=O) groups excluding carboxylic acids is 2. The fraction of sp³-hybridized carbons (Fsp3) is 0.929. The number of carbonyl (C=O) groups is 2. The Morgan fingerprint density at radius 1 is 0.262 bits per heavy atom.